The summed E-state index contributed by atoms with van der Waals surface area (Å²) in [6.07, 6.45) is 2.42. The largest absolute Gasteiger partial charge is 0.362 e. The Morgan fingerprint density at radius 1 is 1.50 bits per heavy atom. The number of hydrogen-bond donors (Lipinski definition) is 1. The van der Waals surface area contributed by atoms with Crippen molar-refractivity contribution >= 4 is 22.3 Å². The molecule has 1 aliphatic heterocycles. The van der Waals surface area contributed by atoms with Crippen molar-refractivity contribution in [3.05, 3.63) is 15.8 Å². The minimum absolute atomic E-state index is 0.0603. The lowest BCUT2D eigenvalue weighted by Crippen LogP contribution is -2.30. The van der Waals surface area contributed by atoms with Gasteiger partial charge in [0.25, 0.3) is 0 Å². The Morgan fingerprint density at radius 3 is 2.70 bits per heavy atom. The van der Waals surface area contributed by atoms with Crippen LogP contribution in [0.25, 0.3) is 0 Å². The maximum absolute atomic E-state index is 11.4. The van der Waals surface area contributed by atoms with Crippen molar-refractivity contribution in [1.82, 2.24) is 9.78 Å². The normalized spacial score (nSPS) is 22.7. The van der Waals surface area contributed by atoms with Crippen LogP contribution < -0.4 is 5.32 Å². The van der Waals surface area contributed by atoms with Gasteiger partial charge in [0, 0.05) is 34.9 Å². The van der Waals surface area contributed by atoms with Crippen LogP contribution in [0.5, 0.6) is 0 Å². The molecular formula is C12H20N4O3S. The molecular weight excluding hydrogens is 280 g/mol. The van der Waals surface area contributed by atoms with Gasteiger partial charge in [-0.2, -0.15) is 5.10 Å². The number of nitrogens with one attached hydrogen (secondary N) is 1. The van der Waals surface area contributed by atoms with Crippen LogP contribution in [0.2, 0.25) is 0 Å². The van der Waals surface area contributed by atoms with Gasteiger partial charge in [-0.3, -0.25) is 14.3 Å². The van der Waals surface area contributed by atoms with E-state index in [4.69, 9.17) is 0 Å². The highest BCUT2D eigenvalue weighted by Gasteiger charge is 2.28. The van der Waals surface area contributed by atoms with Crippen molar-refractivity contribution < 1.29 is 9.13 Å². The Balaban J connectivity index is 2.23. The van der Waals surface area contributed by atoms with E-state index in [9.17, 15) is 14.3 Å². The van der Waals surface area contributed by atoms with Gasteiger partial charge in [0.1, 0.15) is 5.69 Å². The zero-order valence-corrected chi connectivity index (χ0v) is 12.6. The van der Waals surface area contributed by atoms with Gasteiger partial charge in [-0.25, -0.2) is 4.68 Å². The summed E-state index contributed by atoms with van der Waals surface area (Å²) in [6.45, 7) is 4.32. The van der Waals surface area contributed by atoms with Crippen LogP contribution in [0.4, 0.5) is 11.5 Å². The fourth-order valence-corrected chi connectivity index (χ4v) is 3.74. The second-order valence-corrected chi connectivity index (χ2v) is 6.73. The first-order valence-electron chi connectivity index (χ1n) is 6.86. The molecule has 2 heterocycles. The third kappa shape index (κ3) is 3.17. The molecule has 0 atom stereocenters. The van der Waals surface area contributed by atoms with E-state index in [2.05, 4.69) is 10.4 Å². The Hall–Kier alpha value is -1.44. The summed E-state index contributed by atoms with van der Waals surface area (Å²) < 4.78 is 13.0. The molecule has 0 amide bonds. The molecule has 1 fully saturated rings. The molecule has 1 aliphatic rings. The maximum atomic E-state index is 11.4. The Labute approximate surface area is 120 Å². The second-order valence-electron chi connectivity index (χ2n) is 5.03. The molecule has 7 nitrogen and oxygen atoms in total. The molecule has 20 heavy (non-hydrogen) atoms. The van der Waals surface area contributed by atoms with E-state index in [1.165, 1.54) is 0 Å². The number of rotatable bonds is 5. The molecule has 1 aromatic heterocycles. The fourth-order valence-electron chi connectivity index (χ4n) is 2.44. The maximum Gasteiger partial charge on any atom is 0.333 e. The fraction of sp³-hybridized carbons (Fsp3) is 0.750. The minimum atomic E-state index is -0.733. The summed E-state index contributed by atoms with van der Waals surface area (Å²) in [5.74, 6) is 1.81. The van der Waals surface area contributed by atoms with Crippen LogP contribution >= 0.6 is 0 Å². The number of aromatic nitrogens is 2. The highest BCUT2D eigenvalue weighted by atomic mass is 32.2. The molecule has 0 aromatic carbocycles. The second kappa shape index (κ2) is 6.34. The number of anilines is 1. The standard InChI is InChI=1S/C12H20N4O3S/c1-3-6-15-12(11(16(17)18)9(2)14-15)13-10-4-7-20(19)8-5-10/h10,13H,3-8H2,1-2H3. The van der Waals surface area contributed by atoms with Gasteiger partial charge in [0.15, 0.2) is 0 Å². The van der Waals surface area contributed by atoms with E-state index >= 15 is 0 Å². The Morgan fingerprint density at radius 2 is 2.15 bits per heavy atom. The highest BCUT2D eigenvalue weighted by Crippen LogP contribution is 2.30. The van der Waals surface area contributed by atoms with Gasteiger partial charge in [-0.05, 0) is 26.2 Å². The van der Waals surface area contributed by atoms with Crippen LogP contribution in [-0.4, -0.2) is 36.5 Å². The van der Waals surface area contributed by atoms with Gasteiger partial charge < -0.3 is 5.32 Å². The van der Waals surface area contributed by atoms with Crippen molar-refractivity contribution in [2.75, 3.05) is 16.8 Å². The minimum Gasteiger partial charge on any atom is -0.362 e. The predicted octanol–water partition coefficient (Wildman–Crippen LogP) is 1.83. The van der Waals surface area contributed by atoms with E-state index in [1.54, 1.807) is 11.6 Å². The van der Waals surface area contributed by atoms with Crippen molar-refractivity contribution in [3.63, 3.8) is 0 Å². The Bertz CT molecular complexity index is 519. The van der Waals surface area contributed by atoms with Gasteiger partial charge in [-0.15, -0.1) is 0 Å². The lowest BCUT2D eigenvalue weighted by Gasteiger charge is -2.23. The molecule has 0 unspecified atom stereocenters. The molecule has 0 spiro atoms. The molecule has 8 heteroatoms. The topological polar surface area (TPSA) is 90.1 Å². The third-order valence-electron chi connectivity index (χ3n) is 3.44. The van der Waals surface area contributed by atoms with Gasteiger partial charge in [-0.1, -0.05) is 6.92 Å². The smallest absolute Gasteiger partial charge is 0.333 e. The molecule has 0 bridgehead atoms. The van der Waals surface area contributed by atoms with E-state index in [0.29, 0.717) is 29.6 Å². The van der Waals surface area contributed by atoms with Crippen LogP contribution in [0.15, 0.2) is 0 Å². The van der Waals surface area contributed by atoms with Crippen molar-refractivity contribution in [2.45, 2.75) is 45.7 Å². The first-order chi connectivity index (χ1) is 9.52. The molecule has 1 N–H and O–H groups in total. The number of hydrogen-bond acceptors (Lipinski definition) is 5. The molecule has 2 rings (SSSR count). The van der Waals surface area contributed by atoms with E-state index in [0.717, 1.165) is 19.3 Å². The molecule has 1 saturated heterocycles. The summed E-state index contributed by atoms with van der Waals surface area (Å²) >= 11 is 0. The van der Waals surface area contributed by atoms with Crippen molar-refractivity contribution in [2.24, 2.45) is 0 Å². The summed E-state index contributed by atoms with van der Waals surface area (Å²) in [5, 5.41) is 18.7. The van der Waals surface area contributed by atoms with Crippen LogP contribution in [0.1, 0.15) is 31.9 Å². The third-order valence-corrected chi connectivity index (χ3v) is 4.82. The van der Waals surface area contributed by atoms with Gasteiger partial charge >= 0.3 is 5.69 Å². The Kier molecular flexibility index (Phi) is 4.74. The molecule has 0 aliphatic carbocycles. The summed E-state index contributed by atoms with van der Waals surface area (Å²) in [5.41, 5.74) is 0.496. The van der Waals surface area contributed by atoms with Crippen LogP contribution in [-0.2, 0) is 17.3 Å². The summed E-state index contributed by atoms with van der Waals surface area (Å²) in [4.78, 5) is 10.8. The van der Waals surface area contributed by atoms with Crippen molar-refractivity contribution in [3.8, 4) is 0 Å². The number of nitro groups is 1. The average molecular weight is 300 g/mol. The zero-order valence-electron chi connectivity index (χ0n) is 11.8. The van der Waals surface area contributed by atoms with Gasteiger partial charge in [0.05, 0.1) is 4.92 Å². The first-order valence-corrected chi connectivity index (χ1v) is 8.35. The molecule has 1 aromatic rings. The summed E-state index contributed by atoms with van der Waals surface area (Å²) in [7, 11) is -0.733. The molecule has 112 valence electrons. The van der Waals surface area contributed by atoms with Crippen LogP contribution in [0, 0.1) is 17.0 Å². The van der Waals surface area contributed by atoms with E-state index in [-0.39, 0.29) is 16.7 Å². The lowest BCUT2D eigenvalue weighted by atomic mass is 10.1. The summed E-state index contributed by atoms with van der Waals surface area (Å²) in [6, 6.07) is 0.137. The number of nitrogens with zero attached hydrogens (tertiary/aromatic N) is 3. The zero-order chi connectivity index (χ0) is 14.7. The quantitative estimate of drug-likeness (QED) is 0.662. The van der Waals surface area contributed by atoms with Crippen molar-refractivity contribution in [1.29, 1.82) is 0 Å². The molecule has 0 radical (unpaired) electrons. The van der Waals surface area contributed by atoms with Gasteiger partial charge in [0.2, 0.25) is 5.82 Å². The average Bonchev–Trinajstić information content (AvgIpc) is 2.69. The monoisotopic (exact) mass is 300 g/mol. The molecule has 0 saturated carbocycles. The predicted molar refractivity (Wildman–Crippen MR) is 78.4 cm³/mol. The number of aryl methyl sites for hydroxylation is 2. The highest BCUT2D eigenvalue weighted by molar-refractivity contribution is 7.85. The SMILES string of the molecule is CCCn1nc(C)c([N+](=O)[O-])c1NC1CCS(=O)CC1. The lowest BCUT2D eigenvalue weighted by molar-refractivity contribution is -0.384. The first kappa shape index (κ1) is 15.0. The van der Waals surface area contributed by atoms with E-state index in [1.807, 2.05) is 6.92 Å². The van der Waals surface area contributed by atoms with E-state index < -0.39 is 10.8 Å². The van der Waals surface area contributed by atoms with Crippen LogP contribution in [0.3, 0.4) is 0 Å².